The molecule has 168 valence electrons. The number of hydrogen-bond acceptors (Lipinski definition) is 4. The number of hydrazone groups is 1. The summed E-state index contributed by atoms with van der Waals surface area (Å²) >= 11 is 0. The average Bonchev–Trinajstić information content (AvgIpc) is 2.72. The largest absolute Gasteiger partial charge is 0.483 e. The van der Waals surface area contributed by atoms with E-state index in [2.05, 4.69) is 68.2 Å². The number of anilines is 1. The second-order valence-corrected chi connectivity index (χ2v) is 8.89. The van der Waals surface area contributed by atoms with E-state index in [1.807, 2.05) is 31.2 Å². The number of nitrogens with one attached hydrogen (secondary N) is 1. The van der Waals surface area contributed by atoms with Gasteiger partial charge in [0.15, 0.2) is 6.61 Å². The standard InChI is InChI=1S/C26H37N3O2/c1-7-15-29(16-8-2)23-12-9-21(10-13-23)18-27-28-25(30)19-31-24-14-11-22(17-20(24)3)26(4,5)6/h9-14,17-18H,7-8,15-16,19H2,1-6H3,(H,28,30)/b27-18-. The lowest BCUT2D eigenvalue weighted by Gasteiger charge is -2.23. The molecule has 0 bridgehead atoms. The molecule has 0 aromatic heterocycles. The van der Waals surface area contributed by atoms with E-state index in [0.717, 1.165) is 37.1 Å². The van der Waals surface area contributed by atoms with Gasteiger partial charge in [0.25, 0.3) is 5.91 Å². The van der Waals surface area contributed by atoms with E-state index in [1.54, 1.807) is 6.21 Å². The molecule has 0 heterocycles. The summed E-state index contributed by atoms with van der Waals surface area (Å²) in [4.78, 5) is 14.5. The van der Waals surface area contributed by atoms with Crippen LogP contribution in [0, 0.1) is 6.92 Å². The third kappa shape index (κ3) is 7.74. The summed E-state index contributed by atoms with van der Waals surface area (Å²) in [6.45, 7) is 14.9. The second-order valence-electron chi connectivity index (χ2n) is 8.89. The lowest BCUT2D eigenvalue weighted by atomic mass is 9.86. The zero-order valence-electron chi connectivity index (χ0n) is 19.9. The Morgan fingerprint density at radius 2 is 1.71 bits per heavy atom. The van der Waals surface area contributed by atoms with Crippen LogP contribution in [0.2, 0.25) is 0 Å². The van der Waals surface area contributed by atoms with Crippen LogP contribution in [-0.2, 0) is 10.2 Å². The average molecular weight is 424 g/mol. The minimum Gasteiger partial charge on any atom is -0.483 e. The SMILES string of the molecule is CCCN(CCC)c1ccc(/C=N\NC(=O)COc2ccc(C(C)(C)C)cc2C)cc1. The van der Waals surface area contributed by atoms with Gasteiger partial charge in [0.05, 0.1) is 6.21 Å². The predicted octanol–water partition coefficient (Wildman–Crippen LogP) is 5.45. The lowest BCUT2D eigenvalue weighted by Crippen LogP contribution is -2.25. The molecule has 0 aliphatic carbocycles. The Balaban J connectivity index is 1.86. The van der Waals surface area contributed by atoms with Crippen LogP contribution in [-0.4, -0.2) is 31.8 Å². The van der Waals surface area contributed by atoms with Gasteiger partial charge in [-0.1, -0.05) is 58.9 Å². The summed E-state index contributed by atoms with van der Waals surface area (Å²) in [5, 5.41) is 4.05. The molecule has 0 aliphatic heterocycles. The van der Waals surface area contributed by atoms with Crippen molar-refractivity contribution in [2.24, 2.45) is 5.10 Å². The molecule has 0 radical (unpaired) electrons. The highest BCUT2D eigenvalue weighted by molar-refractivity contribution is 5.83. The summed E-state index contributed by atoms with van der Waals surface area (Å²) in [5.74, 6) is 0.427. The van der Waals surface area contributed by atoms with Crippen LogP contribution in [0.5, 0.6) is 5.75 Å². The number of ether oxygens (including phenoxy) is 1. The van der Waals surface area contributed by atoms with Gasteiger partial charge < -0.3 is 9.64 Å². The maximum atomic E-state index is 12.1. The van der Waals surface area contributed by atoms with Crippen LogP contribution in [0.4, 0.5) is 5.69 Å². The zero-order chi connectivity index (χ0) is 22.9. The van der Waals surface area contributed by atoms with Crippen molar-refractivity contribution in [1.82, 2.24) is 5.43 Å². The molecule has 0 aliphatic rings. The van der Waals surface area contributed by atoms with Crippen LogP contribution in [0.3, 0.4) is 0 Å². The van der Waals surface area contributed by atoms with Crippen molar-refractivity contribution < 1.29 is 9.53 Å². The van der Waals surface area contributed by atoms with E-state index < -0.39 is 0 Å². The summed E-state index contributed by atoms with van der Waals surface area (Å²) in [6, 6.07) is 14.3. The Kier molecular flexibility index (Phi) is 9.10. The highest BCUT2D eigenvalue weighted by Crippen LogP contribution is 2.27. The normalized spacial score (nSPS) is 11.5. The molecule has 2 aromatic rings. The number of hydrogen-bond donors (Lipinski definition) is 1. The van der Waals surface area contributed by atoms with E-state index in [1.165, 1.54) is 11.3 Å². The molecule has 5 nitrogen and oxygen atoms in total. The maximum Gasteiger partial charge on any atom is 0.277 e. The fourth-order valence-corrected chi connectivity index (χ4v) is 3.31. The molecule has 1 N–H and O–H groups in total. The van der Waals surface area contributed by atoms with Crippen molar-refractivity contribution in [3.05, 3.63) is 59.2 Å². The van der Waals surface area contributed by atoms with Gasteiger partial charge in [0, 0.05) is 18.8 Å². The number of carbonyl (C=O) groups is 1. The van der Waals surface area contributed by atoms with Gasteiger partial charge in [0.1, 0.15) is 5.75 Å². The van der Waals surface area contributed by atoms with Crippen molar-refractivity contribution in [2.75, 3.05) is 24.6 Å². The van der Waals surface area contributed by atoms with E-state index in [-0.39, 0.29) is 17.9 Å². The van der Waals surface area contributed by atoms with Crippen LogP contribution < -0.4 is 15.1 Å². The van der Waals surface area contributed by atoms with Gasteiger partial charge in [-0.05, 0) is 60.1 Å². The van der Waals surface area contributed by atoms with Gasteiger partial charge in [-0.2, -0.15) is 5.10 Å². The van der Waals surface area contributed by atoms with Crippen molar-refractivity contribution >= 4 is 17.8 Å². The number of nitrogens with zero attached hydrogens (tertiary/aromatic N) is 2. The van der Waals surface area contributed by atoms with Gasteiger partial charge in [-0.3, -0.25) is 4.79 Å². The summed E-state index contributed by atoms with van der Waals surface area (Å²) in [7, 11) is 0. The first-order valence-corrected chi connectivity index (χ1v) is 11.2. The molecule has 5 heteroatoms. The van der Waals surface area contributed by atoms with E-state index in [9.17, 15) is 4.79 Å². The Morgan fingerprint density at radius 3 is 2.26 bits per heavy atom. The van der Waals surface area contributed by atoms with Crippen molar-refractivity contribution in [3.8, 4) is 5.75 Å². The molecule has 0 atom stereocenters. The first kappa shape index (κ1) is 24.4. The molecule has 0 fully saturated rings. The fraction of sp³-hybridized carbons (Fsp3) is 0.462. The third-order valence-corrected chi connectivity index (χ3v) is 5.05. The number of rotatable bonds is 10. The number of benzene rings is 2. The quantitative estimate of drug-likeness (QED) is 0.408. The Morgan fingerprint density at radius 1 is 1.06 bits per heavy atom. The van der Waals surface area contributed by atoms with E-state index in [0.29, 0.717) is 5.75 Å². The molecule has 1 amide bonds. The number of amides is 1. The second kappa shape index (κ2) is 11.5. The van der Waals surface area contributed by atoms with E-state index in [4.69, 9.17) is 4.74 Å². The first-order chi connectivity index (χ1) is 14.7. The highest BCUT2D eigenvalue weighted by atomic mass is 16.5. The molecule has 0 unspecified atom stereocenters. The van der Waals surface area contributed by atoms with Gasteiger partial charge in [-0.25, -0.2) is 5.43 Å². The van der Waals surface area contributed by atoms with Crippen LogP contribution in [0.15, 0.2) is 47.6 Å². The molecule has 2 aromatic carbocycles. The molecule has 0 spiro atoms. The maximum absolute atomic E-state index is 12.1. The minimum atomic E-state index is -0.288. The predicted molar refractivity (Wildman–Crippen MR) is 130 cm³/mol. The van der Waals surface area contributed by atoms with Crippen LogP contribution >= 0.6 is 0 Å². The van der Waals surface area contributed by atoms with E-state index >= 15 is 0 Å². The third-order valence-electron chi connectivity index (χ3n) is 5.05. The Labute approximate surface area is 187 Å². The summed E-state index contributed by atoms with van der Waals surface area (Å²) in [6.07, 6.45) is 3.89. The minimum absolute atomic E-state index is 0.0744. The van der Waals surface area contributed by atoms with Gasteiger partial charge in [-0.15, -0.1) is 0 Å². The van der Waals surface area contributed by atoms with Crippen LogP contribution in [0.1, 0.15) is 64.2 Å². The number of carbonyl (C=O) groups excluding carboxylic acids is 1. The summed E-state index contributed by atoms with van der Waals surface area (Å²) < 4.78 is 5.67. The highest BCUT2D eigenvalue weighted by Gasteiger charge is 2.15. The van der Waals surface area contributed by atoms with Crippen molar-refractivity contribution in [1.29, 1.82) is 0 Å². The monoisotopic (exact) mass is 423 g/mol. The Bertz CT molecular complexity index is 861. The van der Waals surface area contributed by atoms with Gasteiger partial charge >= 0.3 is 0 Å². The zero-order valence-corrected chi connectivity index (χ0v) is 19.9. The molecule has 2 rings (SSSR count). The van der Waals surface area contributed by atoms with Crippen molar-refractivity contribution in [2.45, 2.75) is 59.8 Å². The summed E-state index contributed by atoms with van der Waals surface area (Å²) in [5.41, 5.74) is 7.02. The molecule has 0 saturated heterocycles. The molecular weight excluding hydrogens is 386 g/mol. The fourth-order valence-electron chi connectivity index (χ4n) is 3.31. The molecule has 0 saturated carbocycles. The topological polar surface area (TPSA) is 53.9 Å². The molecular formula is C26H37N3O2. The van der Waals surface area contributed by atoms with Gasteiger partial charge in [0.2, 0.25) is 0 Å². The smallest absolute Gasteiger partial charge is 0.277 e. The lowest BCUT2D eigenvalue weighted by molar-refractivity contribution is -0.123. The van der Waals surface area contributed by atoms with Crippen molar-refractivity contribution in [3.63, 3.8) is 0 Å². The first-order valence-electron chi connectivity index (χ1n) is 11.2. The Hall–Kier alpha value is -2.82. The van der Waals surface area contributed by atoms with Crippen LogP contribution in [0.25, 0.3) is 0 Å². The number of aryl methyl sites for hydroxylation is 1. The molecule has 31 heavy (non-hydrogen) atoms.